The largest absolute Gasteiger partial charge is 0.490 e. The molecule has 2 rings (SSSR count). The van der Waals surface area contributed by atoms with Gasteiger partial charge in [0.1, 0.15) is 6.61 Å². The Balaban J connectivity index is 1.71. The van der Waals surface area contributed by atoms with Crippen LogP contribution in [-0.4, -0.2) is 24.7 Å². The number of nitrogens with one attached hydrogen (secondary N) is 1. The van der Waals surface area contributed by atoms with E-state index in [4.69, 9.17) is 9.47 Å². The summed E-state index contributed by atoms with van der Waals surface area (Å²) in [6, 6.07) is 11.7. The standard InChI is InChI=1S/C16H20N2O2/c1-2-19-15-7-3-4-8-16(15)20-11-10-18-13-14-6-5-9-17-12-14/h3-9,12,18H,2,10-11,13H2,1H3. The Hall–Kier alpha value is -2.07. The van der Waals surface area contributed by atoms with Gasteiger partial charge in [-0.15, -0.1) is 0 Å². The Morgan fingerprint density at radius 3 is 2.55 bits per heavy atom. The van der Waals surface area contributed by atoms with E-state index in [9.17, 15) is 0 Å². The van der Waals surface area contributed by atoms with Crippen molar-refractivity contribution < 1.29 is 9.47 Å². The van der Waals surface area contributed by atoms with Crippen molar-refractivity contribution in [1.29, 1.82) is 0 Å². The van der Waals surface area contributed by atoms with E-state index >= 15 is 0 Å². The van der Waals surface area contributed by atoms with Gasteiger partial charge in [-0.25, -0.2) is 0 Å². The molecule has 0 fully saturated rings. The lowest BCUT2D eigenvalue weighted by molar-refractivity contribution is 0.275. The van der Waals surface area contributed by atoms with Crippen molar-refractivity contribution in [3.05, 3.63) is 54.4 Å². The van der Waals surface area contributed by atoms with Crippen LogP contribution in [0.2, 0.25) is 0 Å². The van der Waals surface area contributed by atoms with Crippen LogP contribution in [0.4, 0.5) is 0 Å². The average Bonchev–Trinajstić information content (AvgIpc) is 2.50. The van der Waals surface area contributed by atoms with Crippen LogP contribution < -0.4 is 14.8 Å². The van der Waals surface area contributed by atoms with Crippen molar-refractivity contribution in [3.8, 4) is 11.5 Å². The van der Waals surface area contributed by atoms with Gasteiger partial charge in [-0.1, -0.05) is 18.2 Å². The summed E-state index contributed by atoms with van der Waals surface area (Å²) in [7, 11) is 0. The Kier molecular flexibility index (Phi) is 5.86. The lowest BCUT2D eigenvalue weighted by atomic mass is 10.3. The number of rotatable bonds is 8. The Labute approximate surface area is 119 Å². The molecule has 20 heavy (non-hydrogen) atoms. The van der Waals surface area contributed by atoms with Gasteiger partial charge in [0.25, 0.3) is 0 Å². The zero-order chi connectivity index (χ0) is 14.0. The monoisotopic (exact) mass is 272 g/mol. The second kappa shape index (κ2) is 8.17. The number of para-hydroxylation sites is 2. The van der Waals surface area contributed by atoms with Crippen molar-refractivity contribution in [2.24, 2.45) is 0 Å². The molecular weight excluding hydrogens is 252 g/mol. The van der Waals surface area contributed by atoms with E-state index in [-0.39, 0.29) is 0 Å². The van der Waals surface area contributed by atoms with Crippen molar-refractivity contribution in [2.45, 2.75) is 13.5 Å². The van der Waals surface area contributed by atoms with Crippen molar-refractivity contribution >= 4 is 0 Å². The molecule has 0 aliphatic carbocycles. The molecular formula is C16H20N2O2. The normalized spacial score (nSPS) is 10.2. The summed E-state index contributed by atoms with van der Waals surface area (Å²) in [5.74, 6) is 1.58. The summed E-state index contributed by atoms with van der Waals surface area (Å²) < 4.78 is 11.2. The molecule has 0 unspecified atom stereocenters. The predicted octanol–water partition coefficient (Wildman–Crippen LogP) is 2.65. The van der Waals surface area contributed by atoms with E-state index in [1.165, 1.54) is 5.56 Å². The van der Waals surface area contributed by atoms with Gasteiger partial charge in [-0.2, -0.15) is 0 Å². The number of hydrogen-bond acceptors (Lipinski definition) is 4. The van der Waals surface area contributed by atoms with Gasteiger partial charge in [-0.05, 0) is 30.7 Å². The zero-order valence-electron chi connectivity index (χ0n) is 11.7. The van der Waals surface area contributed by atoms with Crippen molar-refractivity contribution in [2.75, 3.05) is 19.8 Å². The van der Waals surface area contributed by atoms with E-state index in [1.807, 2.05) is 49.5 Å². The third-order valence-corrected chi connectivity index (χ3v) is 2.74. The first kappa shape index (κ1) is 14.3. The summed E-state index contributed by atoms with van der Waals surface area (Å²) in [4.78, 5) is 4.08. The van der Waals surface area contributed by atoms with Gasteiger partial charge in [-0.3, -0.25) is 4.98 Å². The smallest absolute Gasteiger partial charge is 0.161 e. The summed E-state index contributed by atoms with van der Waals surface area (Å²) in [6.07, 6.45) is 3.63. The predicted molar refractivity (Wildman–Crippen MR) is 79.0 cm³/mol. The Morgan fingerprint density at radius 1 is 1.05 bits per heavy atom. The van der Waals surface area contributed by atoms with E-state index in [0.29, 0.717) is 13.2 Å². The Morgan fingerprint density at radius 2 is 1.85 bits per heavy atom. The third kappa shape index (κ3) is 4.55. The van der Waals surface area contributed by atoms with E-state index in [1.54, 1.807) is 6.20 Å². The van der Waals surface area contributed by atoms with Crippen LogP contribution in [0.5, 0.6) is 11.5 Å². The highest BCUT2D eigenvalue weighted by molar-refractivity contribution is 5.39. The summed E-state index contributed by atoms with van der Waals surface area (Å²) in [6.45, 7) is 4.77. The first-order valence-corrected chi connectivity index (χ1v) is 6.84. The number of ether oxygens (including phenoxy) is 2. The maximum absolute atomic E-state index is 5.72. The van der Waals surface area contributed by atoms with Gasteiger partial charge in [0, 0.05) is 25.5 Å². The zero-order valence-corrected chi connectivity index (χ0v) is 11.7. The fraction of sp³-hybridized carbons (Fsp3) is 0.312. The molecule has 0 aliphatic heterocycles. The van der Waals surface area contributed by atoms with Gasteiger partial charge >= 0.3 is 0 Å². The second-order valence-electron chi connectivity index (χ2n) is 4.27. The molecule has 0 saturated heterocycles. The molecule has 4 heteroatoms. The van der Waals surface area contributed by atoms with E-state index in [2.05, 4.69) is 10.3 Å². The summed E-state index contributed by atoms with van der Waals surface area (Å²) >= 11 is 0. The minimum absolute atomic E-state index is 0.602. The highest BCUT2D eigenvalue weighted by Crippen LogP contribution is 2.25. The van der Waals surface area contributed by atoms with E-state index in [0.717, 1.165) is 24.6 Å². The summed E-state index contributed by atoms with van der Waals surface area (Å²) in [5.41, 5.74) is 1.17. The van der Waals surface area contributed by atoms with Gasteiger partial charge < -0.3 is 14.8 Å². The fourth-order valence-corrected chi connectivity index (χ4v) is 1.81. The summed E-state index contributed by atoms with van der Waals surface area (Å²) in [5, 5.41) is 3.32. The fourth-order valence-electron chi connectivity index (χ4n) is 1.81. The highest BCUT2D eigenvalue weighted by Gasteiger charge is 2.02. The van der Waals surface area contributed by atoms with Crippen LogP contribution in [-0.2, 0) is 6.54 Å². The topological polar surface area (TPSA) is 43.4 Å². The average molecular weight is 272 g/mol. The van der Waals surface area contributed by atoms with Gasteiger partial charge in [0.2, 0.25) is 0 Å². The number of pyridine rings is 1. The number of aromatic nitrogens is 1. The number of nitrogens with zero attached hydrogens (tertiary/aromatic N) is 1. The molecule has 4 nitrogen and oxygen atoms in total. The maximum atomic E-state index is 5.72. The molecule has 106 valence electrons. The van der Waals surface area contributed by atoms with Crippen LogP contribution in [0.25, 0.3) is 0 Å². The van der Waals surface area contributed by atoms with E-state index < -0.39 is 0 Å². The molecule has 0 bridgehead atoms. The molecule has 1 aromatic heterocycles. The quantitative estimate of drug-likeness (QED) is 0.750. The molecule has 0 saturated carbocycles. The minimum atomic E-state index is 0.602. The van der Waals surface area contributed by atoms with Crippen molar-refractivity contribution in [1.82, 2.24) is 10.3 Å². The van der Waals surface area contributed by atoms with Crippen LogP contribution in [0.1, 0.15) is 12.5 Å². The Bertz CT molecular complexity index is 503. The lowest BCUT2D eigenvalue weighted by Gasteiger charge is -2.11. The first-order valence-electron chi connectivity index (χ1n) is 6.84. The third-order valence-electron chi connectivity index (χ3n) is 2.74. The van der Waals surface area contributed by atoms with Crippen LogP contribution in [0.15, 0.2) is 48.8 Å². The lowest BCUT2D eigenvalue weighted by Crippen LogP contribution is -2.20. The molecule has 0 spiro atoms. The molecule has 0 atom stereocenters. The van der Waals surface area contributed by atoms with Gasteiger partial charge in [0.15, 0.2) is 11.5 Å². The first-order chi connectivity index (χ1) is 9.90. The highest BCUT2D eigenvalue weighted by atomic mass is 16.5. The van der Waals surface area contributed by atoms with Gasteiger partial charge in [0.05, 0.1) is 6.61 Å². The molecule has 0 aliphatic rings. The molecule has 0 amide bonds. The van der Waals surface area contributed by atoms with Crippen molar-refractivity contribution in [3.63, 3.8) is 0 Å². The molecule has 1 aromatic carbocycles. The number of benzene rings is 1. The molecule has 0 radical (unpaired) electrons. The molecule has 1 heterocycles. The van der Waals surface area contributed by atoms with Crippen LogP contribution >= 0.6 is 0 Å². The SMILES string of the molecule is CCOc1ccccc1OCCNCc1cccnc1. The molecule has 2 aromatic rings. The van der Waals surface area contributed by atoms with Crippen LogP contribution in [0, 0.1) is 0 Å². The maximum Gasteiger partial charge on any atom is 0.161 e. The molecule has 1 N–H and O–H groups in total. The second-order valence-corrected chi connectivity index (χ2v) is 4.27. The number of hydrogen-bond donors (Lipinski definition) is 1. The van der Waals surface area contributed by atoms with Crippen LogP contribution in [0.3, 0.4) is 0 Å². The minimum Gasteiger partial charge on any atom is -0.490 e.